The molecule has 0 atom stereocenters. The Morgan fingerprint density at radius 2 is 2.06 bits per heavy atom. The number of aromatic nitrogens is 3. The summed E-state index contributed by atoms with van der Waals surface area (Å²) >= 11 is 0. The Bertz CT molecular complexity index is 594. The fourth-order valence-corrected chi connectivity index (χ4v) is 1.64. The first-order chi connectivity index (χ1) is 7.80. The van der Waals surface area contributed by atoms with E-state index in [4.69, 9.17) is 5.11 Å². The number of carboxylic acids is 1. The minimum absolute atomic E-state index is 0.00274. The van der Waals surface area contributed by atoms with Gasteiger partial charge in [0.1, 0.15) is 5.82 Å². The van der Waals surface area contributed by atoms with Gasteiger partial charge in [0, 0.05) is 12.4 Å². The zero-order valence-electron chi connectivity index (χ0n) is 10.4. The van der Waals surface area contributed by atoms with E-state index in [-0.39, 0.29) is 11.1 Å². The Morgan fingerprint density at radius 3 is 2.59 bits per heavy atom. The summed E-state index contributed by atoms with van der Waals surface area (Å²) in [7, 11) is 0. The van der Waals surface area contributed by atoms with Crippen molar-refractivity contribution in [1.82, 2.24) is 14.4 Å². The summed E-state index contributed by atoms with van der Waals surface area (Å²) < 4.78 is 1.73. The summed E-state index contributed by atoms with van der Waals surface area (Å²) in [5.41, 5.74) is 1.41. The van der Waals surface area contributed by atoms with Crippen LogP contribution in [0.5, 0.6) is 0 Å². The Morgan fingerprint density at radius 1 is 1.41 bits per heavy atom. The second kappa shape index (κ2) is 3.55. The SMILES string of the molecule is Cc1nc(C(=O)O)c2ncc(C(C)(C)C)cn12. The van der Waals surface area contributed by atoms with E-state index in [9.17, 15) is 4.79 Å². The maximum absolute atomic E-state index is 11.0. The first-order valence-corrected chi connectivity index (χ1v) is 5.39. The molecule has 0 spiro atoms. The van der Waals surface area contributed by atoms with Crippen LogP contribution in [0.4, 0.5) is 0 Å². The molecule has 2 aromatic heterocycles. The first kappa shape index (κ1) is 11.6. The van der Waals surface area contributed by atoms with E-state index in [1.54, 1.807) is 17.5 Å². The number of hydrogen-bond acceptors (Lipinski definition) is 3. The maximum Gasteiger partial charge on any atom is 0.358 e. The molecule has 5 nitrogen and oxygen atoms in total. The van der Waals surface area contributed by atoms with Crippen LogP contribution < -0.4 is 0 Å². The molecule has 0 radical (unpaired) electrons. The zero-order valence-corrected chi connectivity index (χ0v) is 10.4. The van der Waals surface area contributed by atoms with Crippen molar-refractivity contribution < 1.29 is 9.90 Å². The molecule has 5 heteroatoms. The predicted molar refractivity (Wildman–Crippen MR) is 63.4 cm³/mol. The topological polar surface area (TPSA) is 67.5 Å². The molecule has 2 aromatic rings. The smallest absolute Gasteiger partial charge is 0.358 e. The molecule has 0 aliphatic heterocycles. The quantitative estimate of drug-likeness (QED) is 0.818. The molecule has 90 valence electrons. The van der Waals surface area contributed by atoms with Gasteiger partial charge in [0.15, 0.2) is 11.3 Å². The van der Waals surface area contributed by atoms with Gasteiger partial charge in [-0.15, -0.1) is 0 Å². The van der Waals surface area contributed by atoms with Crippen LogP contribution in [0.25, 0.3) is 5.65 Å². The average Bonchev–Trinajstić information content (AvgIpc) is 2.55. The van der Waals surface area contributed by atoms with Crippen molar-refractivity contribution in [3.63, 3.8) is 0 Å². The number of nitrogens with zero attached hydrogens (tertiary/aromatic N) is 3. The number of aryl methyl sites for hydroxylation is 1. The molecule has 0 aliphatic rings. The highest BCUT2D eigenvalue weighted by molar-refractivity contribution is 5.92. The van der Waals surface area contributed by atoms with E-state index in [1.165, 1.54) is 0 Å². The third-order valence-electron chi connectivity index (χ3n) is 2.72. The highest BCUT2D eigenvalue weighted by atomic mass is 16.4. The summed E-state index contributed by atoms with van der Waals surface area (Å²) in [6, 6.07) is 0. The van der Waals surface area contributed by atoms with Crippen LogP contribution in [-0.2, 0) is 5.41 Å². The van der Waals surface area contributed by atoms with E-state index in [0.717, 1.165) is 5.56 Å². The van der Waals surface area contributed by atoms with Crippen molar-refractivity contribution in [2.24, 2.45) is 0 Å². The van der Waals surface area contributed by atoms with Gasteiger partial charge in [0.2, 0.25) is 0 Å². The van der Waals surface area contributed by atoms with Crippen molar-refractivity contribution in [1.29, 1.82) is 0 Å². The molecule has 2 rings (SSSR count). The van der Waals surface area contributed by atoms with Crippen LogP contribution in [0.1, 0.15) is 42.6 Å². The van der Waals surface area contributed by atoms with Gasteiger partial charge >= 0.3 is 5.97 Å². The van der Waals surface area contributed by atoms with Crippen LogP contribution in [0, 0.1) is 6.92 Å². The number of rotatable bonds is 1. The molecule has 0 bridgehead atoms. The van der Waals surface area contributed by atoms with E-state index in [2.05, 4.69) is 30.7 Å². The highest BCUT2D eigenvalue weighted by Crippen LogP contribution is 2.22. The van der Waals surface area contributed by atoms with Crippen LogP contribution in [-0.4, -0.2) is 25.4 Å². The van der Waals surface area contributed by atoms with E-state index in [1.807, 2.05) is 6.20 Å². The molecule has 17 heavy (non-hydrogen) atoms. The van der Waals surface area contributed by atoms with Crippen molar-refractivity contribution in [3.8, 4) is 0 Å². The number of fused-ring (bicyclic) bond motifs is 1. The van der Waals surface area contributed by atoms with Crippen molar-refractivity contribution in [2.45, 2.75) is 33.1 Å². The second-order valence-electron chi connectivity index (χ2n) is 5.10. The number of carboxylic acid groups (broad SMARTS) is 1. The molecular weight excluding hydrogens is 218 g/mol. The van der Waals surface area contributed by atoms with Crippen LogP contribution in [0.3, 0.4) is 0 Å². The van der Waals surface area contributed by atoms with Gasteiger partial charge in [0.05, 0.1) is 0 Å². The minimum Gasteiger partial charge on any atom is -0.476 e. The third-order valence-corrected chi connectivity index (χ3v) is 2.72. The molecular formula is C12H15N3O2. The minimum atomic E-state index is -1.05. The molecule has 0 aromatic carbocycles. The van der Waals surface area contributed by atoms with Crippen LogP contribution in [0.15, 0.2) is 12.4 Å². The van der Waals surface area contributed by atoms with E-state index >= 15 is 0 Å². The molecule has 0 amide bonds. The average molecular weight is 233 g/mol. The number of carbonyl (C=O) groups is 1. The van der Waals surface area contributed by atoms with E-state index in [0.29, 0.717) is 11.5 Å². The molecule has 0 aliphatic carbocycles. The standard InChI is InChI=1S/C12H15N3O2/c1-7-14-9(11(16)17)10-13-5-8(6-15(7)10)12(2,3)4/h5-6H,1-4H3,(H,16,17). The molecule has 0 fully saturated rings. The molecule has 0 saturated heterocycles. The first-order valence-electron chi connectivity index (χ1n) is 5.39. The Hall–Kier alpha value is -1.91. The summed E-state index contributed by atoms with van der Waals surface area (Å²) in [6.07, 6.45) is 3.61. The molecule has 0 saturated carbocycles. The molecule has 0 unspecified atom stereocenters. The van der Waals surface area contributed by atoms with E-state index < -0.39 is 5.97 Å². The van der Waals surface area contributed by atoms with Gasteiger partial charge in [-0.1, -0.05) is 20.8 Å². The highest BCUT2D eigenvalue weighted by Gasteiger charge is 2.19. The predicted octanol–water partition coefficient (Wildman–Crippen LogP) is 2.03. The van der Waals surface area contributed by atoms with Crippen molar-refractivity contribution in [2.75, 3.05) is 0 Å². The summed E-state index contributed by atoms with van der Waals surface area (Å²) in [5.74, 6) is -0.414. The summed E-state index contributed by atoms with van der Waals surface area (Å²) in [4.78, 5) is 19.2. The van der Waals surface area contributed by atoms with Gasteiger partial charge in [-0.25, -0.2) is 14.8 Å². The Kier molecular flexibility index (Phi) is 2.41. The lowest BCUT2D eigenvalue weighted by molar-refractivity contribution is 0.0693. The van der Waals surface area contributed by atoms with Gasteiger partial charge < -0.3 is 5.11 Å². The fraction of sp³-hybridized carbons (Fsp3) is 0.417. The lowest BCUT2D eigenvalue weighted by Crippen LogP contribution is -2.13. The fourth-order valence-electron chi connectivity index (χ4n) is 1.64. The normalized spacial score (nSPS) is 12.0. The lowest BCUT2D eigenvalue weighted by atomic mass is 9.89. The largest absolute Gasteiger partial charge is 0.476 e. The van der Waals surface area contributed by atoms with Crippen LogP contribution in [0.2, 0.25) is 0 Å². The lowest BCUT2D eigenvalue weighted by Gasteiger charge is -2.18. The number of hydrogen-bond donors (Lipinski definition) is 1. The number of imidazole rings is 1. The molecule has 2 heterocycles. The zero-order chi connectivity index (χ0) is 12.8. The molecule has 1 N–H and O–H groups in total. The Labute approximate surface area is 99.1 Å². The van der Waals surface area contributed by atoms with Gasteiger partial charge in [-0.3, -0.25) is 4.40 Å². The Balaban J connectivity index is 2.72. The van der Waals surface area contributed by atoms with Crippen molar-refractivity contribution in [3.05, 3.63) is 29.5 Å². The second-order valence-corrected chi connectivity index (χ2v) is 5.10. The third kappa shape index (κ3) is 1.88. The van der Waals surface area contributed by atoms with Crippen molar-refractivity contribution >= 4 is 11.6 Å². The summed E-state index contributed by atoms with van der Waals surface area (Å²) in [5, 5.41) is 9.01. The van der Waals surface area contributed by atoms with Crippen LogP contribution >= 0.6 is 0 Å². The van der Waals surface area contributed by atoms with Gasteiger partial charge in [0.25, 0.3) is 0 Å². The number of aromatic carboxylic acids is 1. The maximum atomic E-state index is 11.0. The summed E-state index contributed by atoms with van der Waals surface area (Å²) in [6.45, 7) is 8.02. The van der Waals surface area contributed by atoms with Gasteiger partial charge in [-0.05, 0) is 17.9 Å². The monoisotopic (exact) mass is 233 g/mol. The van der Waals surface area contributed by atoms with Gasteiger partial charge in [-0.2, -0.15) is 0 Å².